The Kier molecular flexibility index (Phi) is 4.50. The molecule has 1 fully saturated rings. The summed E-state index contributed by atoms with van der Waals surface area (Å²) in [4.78, 5) is 4.28. The lowest BCUT2D eigenvalue weighted by atomic mass is 10.0. The fourth-order valence-electron chi connectivity index (χ4n) is 2.19. The molecule has 0 radical (unpaired) electrons. The molecule has 1 atom stereocenters. The standard InChI is InChI=1S/C12H22N4O/c1-10(2)16-12(14-9-15-16)7-13-6-11-4-3-5-17-8-11/h9-11,13H,3-8H2,1-2H3. The van der Waals surface area contributed by atoms with Crippen molar-refractivity contribution in [3.8, 4) is 0 Å². The molecule has 1 aromatic rings. The second-order valence-electron chi connectivity index (χ2n) is 4.93. The van der Waals surface area contributed by atoms with Crippen LogP contribution in [0.3, 0.4) is 0 Å². The van der Waals surface area contributed by atoms with Gasteiger partial charge in [-0.1, -0.05) is 0 Å². The number of hydrogen-bond donors (Lipinski definition) is 1. The van der Waals surface area contributed by atoms with E-state index in [4.69, 9.17) is 4.74 Å². The van der Waals surface area contributed by atoms with E-state index in [1.807, 2.05) is 4.68 Å². The highest BCUT2D eigenvalue weighted by Gasteiger charge is 2.14. The van der Waals surface area contributed by atoms with Crippen LogP contribution in [-0.4, -0.2) is 34.5 Å². The van der Waals surface area contributed by atoms with Gasteiger partial charge in [0.15, 0.2) is 0 Å². The minimum atomic E-state index is 0.368. The van der Waals surface area contributed by atoms with Crippen molar-refractivity contribution in [2.24, 2.45) is 5.92 Å². The second kappa shape index (κ2) is 6.12. The lowest BCUT2D eigenvalue weighted by molar-refractivity contribution is 0.0546. The molecule has 0 amide bonds. The molecule has 1 aliphatic heterocycles. The first kappa shape index (κ1) is 12.5. The molecule has 1 saturated heterocycles. The predicted octanol–water partition coefficient (Wildman–Crippen LogP) is 1.38. The van der Waals surface area contributed by atoms with Crippen LogP contribution in [0.1, 0.15) is 38.6 Å². The third-order valence-corrected chi connectivity index (χ3v) is 3.11. The van der Waals surface area contributed by atoms with Gasteiger partial charge in [-0.15, -0.1) is 0 Å². The molecule has 0 bridgehead atoms. The fraction of sp³-hybridized carbons (Fsp3) is 0.833. The molecule has 1 N–H and O–H groups in total. The van der Waals surface area contributed by atoms with Gasteiger partial charge in [-0.3, -0.25) is 0 Å². The largest absolute Gasteiger partial charge is 0.381 e. The summed E-state index contributed by atoms with van der Waals surface area (Å²) in [6.07, 6.45) is 4.08. The van der Waals surface area contributed by atoms with Crippen molar-refractivity contribution in [2.45, 2.75) is 39.3 Å². The third kappa shape index (κ3) is 3.51. The molecule has 5 heteroatoms. The second-order valence-corrected chi connectivity index (χ2v) is 4.93. The molecular formula is C12H22N4O. The number of nitrogens with zero attached hydrogens (tertiary/aromatic N) is 3. The Hall–Kier alpha value is -0.940. The molecule has 0 spiro atoms. The maximum absolute atomic E-state index is 5.46. The molecule has 96 valence electrons. The fourth-order valence-corrected chi connectivity index (χ4v) is 2.19. The van der Waals surface area contributed by atoms with Crippen LogP contribution in [0.25, 0.3) is 0 Å². The number of hydrogen-bond acceptors (Lipinski definition) is 4. The molecule has 1 unspecified atom stereocenters. The van der Waals surface area contributed by atoms with E-state index in [0.717, 1.165) is 32.1 Å². The lowest BCUT2D eigenvalue weighted by Crippen LogP contribution is -2.29. The van der Waals surface area contributed by atoms with Gasteiger partial charge in [-0.25, -0.2) is 9.67 Å². The summed E-state index contributed by atoms with van der Waals surface area (Å²) < 4.78 is 7.42. The number of ether oxygens (including phenoxy) is 1. The van der Waals surface area contributed by atoms with Gasteiger partial charge >= 0.3 is 0 Å². The molecule has 2 rings (SSSR count). The van der Waals surface area contributed by atoms with Gasteiger partial charge in [-0.2, -0.15) is 5.10 Å². The van der Waals surface area contributed by atoms with Crippen LogP contribution in [0.2, 0.25) is 0 Å². The van der Waals surface area contributed by atoms with Gasteiger partial charge < -0.3 is 10.1 Å². The highest BCUT2D eigenvalue weighted by molar-refractivity contribution is 4.86. The molecule has 1 aromatic heterocycles. The van der Waals surface area contributed by atoms with Crippen LogP contribution in [0.15, 0.2) is 6.33 Å². The molecule has 1 aliphatic rings. The van der Waals surface area contributed by atoms with Crippen LogP contribution in [-0.2, 0) is 11.3 Å². The first-order chi connectivity index (χ1) is 8.27. The van der Waals surface area contributed by atoms with Gasteiger partial charge in [0.2, 0.25) is 0 Å². The van der Waals surface area contributed by atoms with E-state index in [0.29, 0.717) is 12.0 Å². The van der Waals surface area contributed by atoms with Gasteiger partial charge in [0, 0.05) is 19.2 Å². The number of rotatable bonds is 5. The van der Waals surface area contributed by atoms with Crippen LogP contribution in [0, 0.1) is 5.92 Å². The summed E-state index contributed by atoms with van der Waals surface area (Å²) in [5, 5.41) is 7.67. The summed E-state index contributed by atoms with van der Waals surface area (Å²) in [5.74, 6) is 1.66. The lowest BCUT2D eigenvalue weighted by Gasteiger charge is -2.22. The minimum absolute atomic E-state index is 0.368. The van der Waals surface area contributed by atoms with Crippen molar-refractivity contribution in [1.82, 2.24) is 20.1 Å². The third-order valence-electron chi connectivity index (χ3n) is 3.11. The average molecular weight is 238 g/mol. The van der Waals surface area contributed by atoms with E-state index in [1.165, 1.54) is 12.8 Å². The Bertz CT molecular complexity index is 331. The Morgan fingerprint density at radius 1 is 1.59 bits per heavy atom. The monoisotopic (exact) mass is 238 g/mol. The summed E-state index contributed by atoms with van der Waals surface area (Å²) in [5.41, 5.74) is 0. The predicted molar refractivity (Wildman–Crippen MR) is 65.7 cm³/mol. The van der Waals surface area contributed by atoms with Crippen LogP contribution < -0.4 is 5.32 Å². The smallest absolute Gasteiger partial charge is 0.141 e. The van der Waals surface area contributed by atoms with Crippen LogP contribution >= 0.6 is 0 Å². The Morgan fingerprint density at radius 2 is 2.47 bits per heavy atom. The first-order valence-electron chi connectivity index (χ1n) is 6.44. The molecule has 0 aliphatic carbocycles. The highest BCUT2D eigenvalue weighted by Crippen LogP contribution is 2.12. The Labute approximate surface area is 103 Å². The summed E-state index contributed by atoms with van der Waals surface area (Å²) in [6.45, 7) is 7.85. The van der Waals surface area contributed by atoms with Crippen molar-refractivity contribution in [3.63, 3.8) is 0 Å². The topological polar surface area (TPSA) is 52.0 Å². The van der Waals surface area contributed by atoms with E-state index >= 15 is 0 Å². The zero-order valence-corrected chi connectivity index (χ0v) is 10.7. The average Bonchev–Trinajstić information content (AvgIpc) is 2.79. The van der Waals surface area contributed by atoms with Crippen molar-refractivity contribution in [1.29, 1.82) is 0 Å². The van der Waals surface area contributed by atoms with Gasteiger partial charge in [0.1, 0.15) is 12.2 Å². The number of nitrogens with one attached hydrogen (secondary N) is 1. The van der Waals surface area contributed by atoms with Gasteiger partial charge in [0.25, 0.3) is 0 Å². The minimum Gasteiger partial charge on any atom is -0.381 e. The Balaban J connectivity index is 1.75. The van der Waals surface area contributed by atoms with Crippen molar-refractivity contribution in [2.75, 3.05) is 19.8 Å². The van der Waals surface area contributed by atoms with E-state index in [9.17, 15) is 0 Å². The maximum atomic E-state index is 5.46. The normalized spacial score (nSPS) is 21.0. The molecule has 17 heavy (non-hydrogen) atoms. The van der Waals surface area contributed by atoms with Crippen molar-refractivity contribution < 1.29 is 4.74 Å². The summed E-state index contributed by atoms with van der Waals surface area (Å²) >= 11 is 0. The van der Waals surface area contributed by atoms with Gasteiger partial charge in [-0.05, 0) is 32.6 Å². The van der Waals surface area contributed by atoms with E-state index in [-0.39, 0.29) is 0 Å². The zero-order valence-electron chi connectivity index (χ0n) is 10.7. The molecule has 2 heterocycles. The molecular weight excluding hydrogens is 216 g/mol. The molecule has 0 saturated carbocycles. The van der Waals surface area contributed by atoms with E-state index in [2.05, 4.69) is 29.2 Å². The van der Waals surface area contributed by atoms with Crippen LogP contribution in [0.5, 0.6) is 0 Å². The van der Waals surface area contributed by atoms with E-state index in [1.54, 1.807) is 6.33 Å². The maximum Gasteiger partial charge on any atom is 0.141 e. The van der Waals surface area contributed by atoms with Gasteiger partial charge in [0.05, 0.1) is 13.2 Å². The first-order valence-corrected chi connectivity index (χ1v) is 6.44. The Morgan fingerprint density at radius 3 is 3.18 bits per heavy atom. The molecule has 0 aromatic carbocycles. The van der Waals surface area contributed by atoms with E-state index < -0.39 is 0 Å². The zero-order chi connectivity index (χ0) is 12.1. The van der Waals surface area contributed by atoms with Crippen molar-refractivity contribution in [3.05, 3.63) is 12.2 Å². The van der Waals surface area contributed by atoms with Crippen molar-refractivity contribution >= 4 is 0 Å². The highest BCUT2D eigenvalue weighted by atomic mass is 16.5. The van der Waals surface area contributed by atoms with Crippen LogP contribution in [0.4, 0.5) is 0 Å². The summed E-state index contributed by atoms with van der Waals surface area (Å²) in [6, 6.07) is 0.368. The SMILES string of the molecule is CC(C)n1ncnc1CNCC1CCCOC1. The molecule has 5 nitrogen and oxygen atoms in total. The summed E-state index contributed by atoms with van der Waals surface area (Å²) in [7, 11) is 0. The number of aromatic nitrogens is 3. The quantitative estimate of drug-likeness (QED) is 0.842.